The number of nitrogens with one attached hydrogen (secondary N) is 1. The van der Waals surface area contributed by atoms with Crippen LogP contribution < -0.4 is 5.32 Å². The molecule has 1 aliphatic rings. The molecule has 264 valence electrons. The van der Waals surface area contributed by atoms with E-state index in [4.69, 9.17) is 4.99 Å². The van der Waals surface area contributed by atoms with E-state index in [1.165, 1.54) is 77.2 Å². The first kappa shape index (κ1) is 32.0. The van der Waals surface area contributed by atoms with Crippen molar-refractivity contribution in [1.82, 2.24) is 14.5 Å². The van der Waals surface area contributed by atoms with Crippen molar-refractivity contribution in [2.45, 2.75) is 6.04 Å². The molecule has 1 unspecified atom stereocenters. The molecule has 0 amide bonds. The fraction of sp³-hybridized carbons (Fsp3) is 0.0192. The van der Waals surface area contributed by atoms with Crippen LogP contribution in [-0.4, -0.2) is 15.1 Å². The molecule has 0 aliphatic carbocycles. The minimum absolute atomic E-state index is 0.0209. The van der Waals surface area contributed by atoms with Gasteiger partial charge in [-0.05, 0) is 99.6 Å². The summed E-state index contributed by atoms with van der Waals surface area (Å²) >= 11 is 0. The van der Waals surface area contributed by atoms with Crippen molar-refractivity contribution in [1.29, 1.82) is 0 Å². The number of aromatic nitrogens is 2. The van der Waals surface area contributed by atoms with E-state index >= 15 is 0 Å². The topological polar surface area (TPSA) is 34.2 Å². The Bertz CT molecular complexity index is 3150. The maximum Gasteiger partial charge on any atom is 0.208 e. The summed E-state index contributed by atoms with van der Waals surface area (Å²) in [6.45, 7) is 0. The minimum Gasteiger partial charge on any atom is -0.345 e. The molecule has 2 aromatic heterocycles. The second kappa shape index (κ2) is 13.2. The molecule has 0 spiro atoms. The summed E-state index contributed by atoms with van der Waals surface area (Å²) in [5.74, 6) is 0.811. The Hall–Kier alpha value is -7.43. The van der Waals surface area contributed by atoms with E-state index in [1.807, 2.05) is 6.20 Å². The van der Waals surface area contributed by atoms with Gasteiger partial charge in [-0.25, -0.2) is 4.99 Å². The lowest BCUT2D eigenvalue weighted by atomic mass is 9.97. The largest absolute Gasteiger partial charge is 0.345 e. The molecule has 0 fully saturated rings. The summed E-state index contributed by atoms with van der Waals surface area (Å²) in [6, 6.07) is 69.9. The first-order valence-electron chi connectivity index (χ1n) is 19.2. The minimum atomic E-state index is -0.0209. The van der Waals surface area contributed by atoms with Gasteiger partial charge in [-0.1, -0.05) is 140 Å². The third-order valence-corrected chi connectivity index (χ3v) is 11.2. The van der Waals surface area contributed by atoms with Gasteiger partial charge in [-0.2, -0.15) is 0 Å². The second-order valence-corrected chi connectivity index (χ2v) is 14.5. The van der Waals surface area contributed by atoms with E-state index in [2.05, 4.69) is 215 Å². The fourth-order valence-corrected chi connectivity index (χ4v) is 8.52. The number of rotatable bonds is 5. The third kappa shape index (κ3) is 5.34. The molecule has 1 N–H and O–H groups in total. The van der Waals surface area contributed by atoms with Gasteiger partial charge in [-0.3, -0.25) is 4.57 Å². The van der Waals surface area contributed by atoms with E-state index in [9.17, 15) is 0 Å². The molecule has 1 atom stereocenters. The molecule has 0 saturated carbocycles. The van der Waals surface area contributed by atoms with Crippen molar-refractivity contribution in [3.8, 4) is 39.1 Å². The normalized spacial score (nSPS) is 14.1. The Morgan fingerprint density at radius 2 is 0.857 bits per heavy atom. The van der Waals surface area contributed by atoms with Gasteiger partial charge in [0.25, 0.3) is 0 Å². The molecule has 56 heavy (non-hydrogen) atoms. The molecule has 1 aliphatic heterocycles. The average Bonchev–Trinajstić information content (AvgIpc) is 3.79. The second-order valence-electron chi connectivity index (χ2n) is 14.5. The van der Waals surface area contributed by atoms with Crippen LogP contribution in [0, 0.1) is 0 Å². The van der Waals surface area contributed by atoms with Crippen molar-refractivity contribution >= 4 is 49.6 Å². The van der Waals surface area contributed by atoms with Crippen molar-refractivity contribution in [3.05, 3.63) is 212 Å². The van der Waals surface area contributed by atoms with Crippen LogP contribution in [0.2, 0.25) is 0 Å². The Morgan fingerprint density at radius 3 is 1.52 bits per heavy atom. The lowest BCUT2D eigenvalue weighted by molar-refractivity contribution is 0.756. The Kier molecular flexibility index (Phi) is 7.52. The smallest absolute Gasteiger partial charge is 0.208 e. The first-order valence-corrected chi connectivity index (χ1v) is 19.2. The summed E-state index contributed by atoms with van der Waals surface area (Å²) in [7, 11) is 0. The standard InChI is InChI=1S/C52H36N4/c1-3-12-35(13-4-1)38-14-11-15-39(32-38)36-22-24-37(25-23-36)47-30-31-53-52(54-47)56-49-21-10-8-19-44(49)46-34-41(27-29-51(46)56)40-26-28-50-45(33-40)43-18-7-9-20-48(43)55(50)42-16-5-2-6-17-42/h1-34,47H,(H,53,54). The fourth-order valence-electron chi connectivity index (χ4n) is 8.52. The molecular formula is C52H36N4. The molecule has 0 radical (unpaired) electrons. The highest BCUT2D eigenvalue weighted by Gasteiger charge is 2.21. The number of para-hydroxylation sites is 3. The van der Waals surface area contributed by atoms with Crippen LogP contribution in [0.25, 0.3) is 82.7 Å². The molecule has 4 nitrogen and oxygen atoms in total. The Morgan fingerprint density at radius 1 is 0.375 bits per heavy atom. The summed E-state index contributed by atoms with van der Waals surface area (Å²) in [5, 5.41) is 8.66. The van der Waals surface area contributed by atoms with Gasteiger partial charge in [0.2, 0.25) is 5.96 Å². The van der Waals surface area contributed by atoms with Crippen LogP contribution in [0.15, 0.2) is 211 Å². The van der Waals surface area contributed by atoms with Gasteiger partial charge >= 0.3 is 0 Å². The lowest BCUT2D eigenvalue weighted by Gasteiger charge is -2.23. The van der Waals surface area contributed by atoms with Gasteiger partial charge in [0.1, 0.15) is 0 Å². The number of hydrogen-bond donors (Lipinski definition) is 1. The van der Waals surface area contributed by atoms with Crippen LogP contribution in [0.4, 0.5) is 0 Å². The van der Waals surface area contributed by atoms with Gasteiger partial charge in [-0.15, -0.1) is 0 Å². The lowest BCUT2D eigenvalue weighted by Crippen LogP contribution is -2.34. The van der Waals surface area contributed by atoms with E-state index in [0.29, 0.717) is 0 Å². The zero-order valence-electron chi connectivity index (χ0n) is 30.5. The van der Waals surface area contributed by atoms with Crippen molar-refractivity contribution in [3.63, 3.8) is 0 Å². The summed E-state index contributed by atoms with van der Waals surface area (Å²) in [5.41, 5.74) is 14.2. The van der Waals surface area contributed by atoms with E-state index in [0.717, 1.165) is 17.0 Å². The first-order chi connectivity index (χ1) is 27.8. The van der Waals surface area contributed by atoms with Crippen LogP contribution in [0.3, 0.4) is 0 Å². The number of aliphatic imine (C=N–C) groups is 1. The molecular weight excluding hydrogens is 681 g/mol. The maximum atomic E-state index is 4.91. The Labute approximate surface area is 324 Å². The quantitative estimate of drug-likeness (QED) is 0.189. The monoisotopic (exact) mass is 716 g/mol. The highest BCUT2D eigenvalue weighted by Crippen LogP contribution is 2.38. The van der Waals surface area contributed by atoms with Gasteiger partial charge in [0.05, 0.1) is 28.1 Å². The zero-order valence-corrected chi connectivity index (χ0v) is 30.5. The summed E-state index contributed by atoms with van der Waals surface area (Å²) in [4.78, 5) is 4.91. The third-order valence-electron chi connectivity index (χ3n) is 11.2. The van der Waals surface area contributed by atoms with E-state index < -0.39 is 0 Å². The van der Waals surface area contributed by atoms with Crippen molar-refractivity contribution in [2.24, 2.45) is 4.99 Å². The molecule has 11 rings (SSSR count). The van der Waals surface area contributed by atoms with Crippen LogP contribution >= 0.6 is 0 Å². The molecule has 3 heterocycles. The van der Waals surface area contributed by atoms with E-state index in [1.54, 1.807) is 0 Å². The molecule has 8 aromatic carbocycles. The molecule has 4 heteroatoms. The highest BCUT2D eigenvalue weighted by molar-refractivity contribution is 6.15. The van der Waals surface area contributed by atoms with Crippen LogP contribution in [0.5, 0.6) is 0 Å². The number of fused-ring (bicyclic) bond motifs is 6. The predicted molar refractivity (Wildman–Crippen MR) is 234 cm³/mol. The summed E-state index contributed by atoms with van der Waals surface area (Å²) in [6.07, 6.45) is 4.06. The van der Waals surface area contributed by atoms with Crippen molar-refractivity contribution < 1.29 is 0 Å². The number of nitrogens with zero attached hydrogens (tertiary/aromatic N) is 3. The van der Waals surface area contributed by atoms with E-state index in [-0.39, 0.29) is 6.04 Å². The number of hydrogen-bond acceptors (Lipinski definition) is 2. The number of benzene rings is 8. The molecule has 0 saturated heterocycles. The Balaban J connectivity index is 0.932. The maximum absolute atomic E-state index is 4.91. The summed E-state index contributed by atoms with van der Waals surface area (Å²) < 4.78 is 4.63. The van der Waals surface area contributed by atoms with Gasteiger partial charge in [0, 0.05) is 33.4 Å². The van der Waals surface area contributed by atoms with Gasteiger partial charge in [0.15, 0.2) is 0 Å². The molecule has 0 bridgehead atoms. The molecule has 10 aromatic rings. The predicted octanol–water partition coefficient (Wildman–Crippen LogP) is 13.0. The zero-order chi connectivity index (χ0) is 37.0. The van der Waals surface area contributed by atoms with Crippen LogP contribution in [-0.2, 0) is 0 Å². The SMILES string of the molecule is C1=CC(c2ccc(-c3cccc(-c4ccccc4)c3)cc2)NC(n2c3ccccc3c3cc(-c4ccc5c(c4)c4ccccc4n5-c4ccccc4)ccc32)=N1. The average molecular weight is 717 g/mol. The highest BCUT2D eigenvalue weighted by atomic mass is 15.2. The van der Waals surface area contributed by atoms with Gasteiger partial charge < -0.3 is 9.88 Å². The van der Waals surface area contributed by atoms with Crippen molar-refractivity contribution in [2.75, 3.05) is 0 Å². The van der Waals surface area contributed by atoms with Crippen LogP contribution in [0.1, 0.15) is 11.6 Å².